The molecule has 5 heteroatoms. The summed E-state index contributed by atoms with van der Waals surface area (Å²) in [6.07, 6.45) is 0.909. The zero-order valence-electron chi connectivity index (χ0n) is 5.28. The van der Waals surface area contributed by atoms with E-state index in [4.69, 9.17) is 4.89 Å². The molecule has 0 aromatic carbocycles. The van der Waals surface area contributed by atoms with Crippen molar-refractivity contribution in [2.75, 3.05) is 0 Å². The van der Waals surface area contributed by atoms with Crippen molar-refractivity contribution in [3.8, 4) is 0 Å². The lowest BCUT2D eigenvalue weighted by molar-refractivity contribution is -0.115. The second-order valence-corrected chi connectivity index (χ2v) is 3.32. The minimum absolute atomic E-state index is 0.689. The van der Waals surface area contributed by atoms with E-state index >= 15 is 0 Å². The van der Waals surface area contributed by atoms with Gasteiger partial charge in [-0.1, -0.05) is 13.2 Å². The minimum Gasteiger partial charge on any atom is -0.326 e. The molecule has 56 valence electrons. The molecule has 4 nitrogen and oxygen atoms in total. The summed E-state index contributed by atoms with van der Waals surface area (Å²) in [5.74, 6) is 0.0970. The van der Waals surface area contributed by atoms with Crippen LogP contribution in [0.15, 0.2) is 25.1 Å². The summed E-state index contributed by atoms with van der Waals surface area (Å²) >= 11 is 0. The van der Waals surface area contributed by atoms with Gasteiger partial charge in [-0.05, 0) is 6.08 Å². The molecule has 0 bridgehead atoms. The van der Waals surface area contributed by atoms with Gasteiger partial charge in [0.2, 0.25) is 0 Å². The molecule has 0 fully saturated rings. The first-order valence-corrected chi connectivity index (χ1v) is 4.15. The van der Waals surface area contributed by atoms with Crippen LogP contribution in [0.25, 0.3) is 0 Å². The average molecular weight is 161 g/mol. The predicted octanol–water partition coefficient (Wildman–Crippen LogP) is 0.617. The highest BCUT2D eigenvalue weighted by molar-refractivity contribution is 7.59. The summed E-state index contributed by atoms with van der Waals surface area (Å²) < 4.78 is 10.6. The number of hydrogen-bond donors (Lipinski definition) is 2. The van der Waals surface area contributed by atoms with E-state index in [1.54, 1.807) is 5.09 Å². The third-order valence-corrected chi connectivity index (χ3v) is 1.74. The van der Waals surface area contributed by atoms with Crippen LogP contribution in [0.3, 0.4) is 0 Å². The first-order chi connectivity index (χ1) is 4.52. The number of carbonyl (C=O) groups is 1. The molecule has 0 radical (unpaired) electrons. The molecule has 0 aromatic rings. The van der Waals surface area contributed by atoms with Gasteiger partial charge in [-0.3, -0.25) is 14.4 Å². The van der Waals surface area contributed by atoms with Crippen LogP contribution in [0.1, 0.15) is 0 Å². The Morgan fingerprint density at radius 2 is 2.10 bits per heavy atom. The van der Waals surface area contributed by atoms with Crippen molar-refractivity contribution in [3.63, 3.8) is 0 Å². The van der Waals surface area contributed by atoms with Gasteiger partial charge in [0.25, 0.3) is 5.91 Å². The molecule has 1 amide bonds. The molecule has 2 N–H and O–H groups in total. The normalized spacial score (nSPS) is 14.9. The van der Waals surface area contributed by atoms with Crippen molar-refractivity contribution in [1.29, 1.82) is 0 Å². The number of rotatable bonds is 3. The maximum absolute atomic E-state index is 10.6. The fourth-order valence-corrected chi connectivity index (χ4v) is 0.748. The molecule has 0 saturated heterocycles. The first-order valence-electron chi connectivity index (χ1n) is 2.42. The highest BCUT2D eigenvalue weighted by Crippen LogP contribution is 2.35. The predicted molar refractivity (Wildman–Crippen MR) is 38.4 cm³/mol. The van der Waals surface area contributed by atoms with E-state index < -0.39 is 13.4 Å². The third kappa shape index (κ3) is 3.22. The molecular formula is C5H8NO3P. The van der Waals surface area contributed by atoms with Crippen LogP contribution in [0.4, 0.5) is 0 Å². The topological polar surface area (TPSA) is 66.4 Å². The van der Waals surface area contributed by atoms with Gasteiger partial charge >= 0.3 is 7.52 Å². The van der Waals surface area contributed by atoms with Gasteiger partial charge in [-0.15, -0.1) is 0 Å². The molecule has 0 heterocycles. The van der Waals surface area contributed by atoms with E-state index in [2.05, 4.69) is 13.2 Å². The fraction of sp³-hybridized carbons (Fsp3) is 0. The molecule has 1 atom stereocenters. The SMILES string of the molecule is C=CC(=O)NP(=O)(O)C=C. The van der Waals surface area contributed by atoms with E-state index in [0.717, 1.165) is 11.9 Å². The van der Waals surface area contributed by atoms with Crippen LogP contribution in [0, 0.1) is 0 Å². The summed E-state index contributed by atoms with van der Waals surface area (Å²) in [4.78, 5) is 19.1. The molecule has 0 spiro atoms. The van der Waals surface area contributed by atoms with Crippen molar-refractivity contribution >= 4 is 13.4 Å². The van der Waals surface area contributed by atoms with Crippen LogP contribution in [-0.2, 0) is 9.36 Å². The van der Waals surface area contributed by atoms with Gasteiger partial charge in [-0.2, -0.15) is 0 Å². The Balaban J connectivity index is 4.14. The van der Waals surface area contributed by atoms with Gasteiger partial charge in [0, 0.05) is 5.82 Å². The van der Waals surface area contributed by atoms with Gasteiger partial charge < -0.3 is 4.89 Å². The second-order valence-electron chi connectivity index (χ2n) is 1.49. The quantitative estimate of drug-likeness (QED) is 0.471. The Morgan fingerprint density at radius 3 is 2.40 bits per heavy atom. The molecule has 0 rings (SSSR count). The van der Waals surface area contributed by atoms with Gasteiger partial charge in [0.1, 0.15) is 0 Å². The van der Waals surface area contributed by atoms with E-state index in [-0.39, 0.29) is 0 Å². The maximum Gasteiger partial charge on any atom is 0.316 e. The number of hydrogen-bond acceptors (Lipinski definition) is 2. The van der Waals surface area contributed by atoms with E-state index in [9.17, 15) is 9.36 Å². The summed E-state index contributed by atoms with van der Waals surface area (Å²) in [6.45, 7) is 6.16. The van der Waals surface area contributed by atoms with Crippen LogP contribution >= 0.6 is 7.52 Å². The van der Waals surface area contributed by atoms with Crippen LogP contribution in [-0.4, -0.2) is 10.8 Å². The van der Waals surface area contributed by atoms with Crippen molar-refractivity contribution in [2.24, 2.45) is 0 Å². The number of amides is 1. The Bertz CT molecular complexity index is 211. The van der Waals surface area contributed by atoms with Crippen LogP contribution in [0.5, 0.6) is 0 Å². The maximum atomic E-state index is 10.6. The Labute approximate surface area is 58.8 Å². The van der Waals surface area contributed by atoms with E-state index in [1.807, 2.05) is 0 Å². The molecule has 0 aliphatic carbocycles. The smallest absolute Gasteiger partial charge is 0.316 e. The molecule has 0 aliphatic heterocycles. The van der Waals surface area contributed by atoms with Crippen LogP contribution < -0.4 is 5.09 Å². The van der Waals surface area contributed by atoms with Crippen molar-refractivity contribution in [2.45, 2.75) is 0 Å². The summed E-state index contributed by atoms with van der Waals surface area (Å²) in [5, 5.41) is 1.79. The lowest BCUT2D eigenvalue weighted by Crippen LogP contribution is -2.15. The van der Waals surface area contributed by atoms with E-state index in [1.165, 1.54) is 0 Å². The van der Waals surface area contributed by atoms with Gasteiger partial charge in [-0.25, -0.2) is 0 Å². The lowest BCUT2D eigenvalue weighted by Gasteiger charge is -2.04. The standard InChI is InChI=1S/C5H8NO3P/c1-3-5(7)6-10(8,9)4-2/h3-4H,1-2H2,(H2,6,7,8,9). The third-order valence-electron chi connectivity index (χ3n) is 0.703. The molecule has 1 unspecified atom stereocenters. The van der Waals surface area contributed by atoms with Gasteiger partial charge in [0.05, 0.1) is 0 Å². The summed E-state index contributed by atoms with van der Waals surface area (Å²) in [7, 11) is -3.65. The zero-order chi connectivity index (χ0) is 8.20. The molecule has 0 saturated carbocycles. The highest BCUT2D eigenvalue weighted by Gasteiger charge is 2.13. The van der Waals surface area contributed by atoms with Crippen molar-refractivity contribution in [1.82, 2.24) is 5.09 Å². The molecule has 0 aromatic heterocycles. The van der Waals surface area contributed by atoms with Crippen molar-refractivity contribution in [3.05, 3.63) is 25.1 Å². The van der Waals surface area contributed by atoms with Crippen molar-refractivity contribution < 1.29 is 14.3 Å². The zero-order valence-corrected chi connectivity index (χ0v) is 6.17. The number of carbonyl (C=O) groups excluding carboxylic acids is 1. The second kappa shape index (κ2) is 3.34. The molecular weight excluding hydrogens is 153 g/mol. The lowest BCUT2D eigenvalue weighted by atomic mass is 10.6. The monoisotopic (exact) mass is 161 g/mol. The summed E-state index contributed by atoms with van der Waals surface area (Å²) in [5.41, 5.74) is 0. The van der Waals surface area contributed by atoms with E-state index in [0.29, 0.717) is 0 Å². The number of nitrogens with one attached hydrogen (secondary N) is 1. The minimum atomic E-state index is -3.65. The molecule has 0 aliphatic rings. The average Bonchev–Trinajstić information content (AvgIpc) is 1.87. The Morgan fingerprint density at radius 1 is 1.60 bits per heavy atom. The van der Waals surface area contributed by atoms with Crippen LogP contribution in [0.2, 0.25) is 0 Å². The Hall–Kier alpha value is -0.860. The Kier molecular flexibility index (Phi) is 3.06. The largest absolute Gasteiger partial charge is 0.326 e. The van der Waals surface area contributed by atoms with Gasteiger partial charge in [0.15, 0.2) is 0 Å². The highest BCUT2D eigenvalue weighted by atomic mass is 31.2. The summed E-state index contributed by atoms with van der Waals surface area (Å²) in [6, 6.07) is 0. The molecule has 10 heavy (non-hydrogen) atoms. The fourth-order valence-electron chi connectivity index (χ4n) is 0.249. The first kappa shape index (κ1) is 9.14.